The first kappa shape index (κ1) is 18.4. The molecule has 3 aromatic rings. The molecule has 0 aromatic carbocycles. The van der Waals surface area contributed by atoms with Gasteiger partial charge in [0.2, 0.25) is 0 Å². The van der Waals surface area contributed by atoms with Gasteiger partial charge in [-0.2, -0.15) is 5.26 Å². The molecule has 28 heavy (non-hydrogen) atoms. The summed E-state index contributed by atoms with van der Waals surface area (Å²) in [4.78, 5) is 14.3. The summed E-state index contributed by atoms with van der Waals surface area (Å²) in [5, 5.41) is 11.9. The molecule has 1 fully saturated rings. The Morgan fingerprint density at radius 2 is 2.25 bits per heavy atom. The van der Waals surface area contributed by atoms with Crippen molar-refractivity contribution in [2.45, 2.75) is 18.8 Å². The maximum absolute atomic E-state index is 11.7. The summed E-state index contributed by atoms with van der Waals surface area (Å²) in [5.74, 6) is -0.241. The maximum Gasteiger partial charge on any atom is 0.167 e. The second-order valence-electron chi connectivity index (χ2n) is 7.09. The van der Waals surface area contributed by atoms with Gasteiger partial charge in [0.05, 0.1) is 11.8 Å². The molecule has 1 N–H and O–H groups in total. The Bertz CT molecular complexity index is 1180. The summed E-state index contributed by atoms with van der Waals surface area (Å²) in [6, 6.07) is 5.73. The molecule has 0 amide bonds. The van der Waals surface area contributed by atoms with Crippen LogP contribution in [0.25, 0.3) is 21.8 Å². The number of H-pyrrole nitrogens is 1. The number of aromatic amines is 1. The minimum atomic E-state index is -3.34. The zero-order chi connectivity index (χ0) is 19.6. The fourth-order valence-corrected chi connectivity index (χ4v) is 4.58. The highest BCUT2D eigenvalue weighted by molar-refractivity contribution is 7.91. The third-order valence-electron chi connectivity index (χ3n) is 5.15. The molecule has 4 heterocycles. The molecule has 7 nitrogen and oxygen atoms in total. The second kappa shape index (κ2) is 7.60. The Morgan fingerprint density at radius 1 is 1.36 bits per heavy atom. The Hall–Kier alpha value is -2.92. The van der Waals surface area contributed by atoms with Gasteiger partial charge in [-0.25, -0.2) is 18.4 Å². The first-order valence-electron chi connectivity index (χ1n) is 9.26. The highest BCUT2D eigenvalue weighted by Crippen LogP contribution is 2.33. The number of aromatic nitrogens is 3. The van der Waals surface area contributed by atoms with Crippen LogP contribution < -0.4 is 0 Å². The number of likely N-dealkylation sites (tertiary alicyclic amines) is 1. The maximum atomic E-state index is 11.7. The summed E-state index contributed by atoms with van der Waals surface area (Å²) >= 11 is 0. The number of rotatable bonds is 5. The van der Waals surface area contributed by atoms with Crippen molar-refractivity contribution in [3.05, 3.63) is 48.7 Å². The zero-order valence-electron chi connectivity index (χ0n) is 15.4. The van der Waals surface area contributed by atoms with Crippen molar-refractivity contribution in [1.29, 1.82) is 5.26 Å². The van der Waals surface area contributed by atoms with Crippen LogP contribution in [0.5, 0.6) is 0 Å². The average Bonchev–Trinajstić information content (AvgIpc) is 3.16. The van der Waals surface area contributed by atoms with Gasteiger partial charge in [-0.15, -0.1) is 0 Å². The minimum absolute atomic E-state index is 0.104. The van der Waals surface area contributed by atoms with Gasteiger partial charge in [-0.3, -0.25) is 0 Å². The van der Waals surface area contributed by atoms with Crippen molar-refractivity contribution < 1.29 is 8.42 Å². The lowest BCUT2D eigenvalue weighted by Crippen LogP contribution is -2.30. The molecule has 1 saturated heterocycles. The van der Waals surface area contributed by atoms with E-state index in [4.69, 9.17) is 5.26 Å². The predicted octanol–water partition coefficient (Wildman–Crippen LogP) is 2.74. The lowest BCUT2D eigenvalue weighted by molar-refractivity contribution is 0.278. The van der Waals surface area contributed by atoms with Gasteiger partial charge < -0.3 is 9.88 Å². The van der Waals surface area contributed by atoms with Gasteiger partial charge in [-0.05, 0) is 31.2 Å². The van der Waals surface area contributed by atoms with Gasteiger partial charge in [0.25, 0.3) is 0 Å². The number of pyridine rings is 2. The van der Waals surface area contributed by atoms with E-state index in [9.17, 15) is 8.42 Å². The highest BCUT2D eigenvalue weighted by Gasteiger charge is 2.23. The van der Waals surface area contributed by atoms with Gasteiger partial charge in [0, 0.05) is 59.5 Å². The normalized spacial score (nSPS) is 18.1. The molecule has 1 aliphatic heterocycles. The summed E-state index contributed by atoms with van der Waals surface area (Å²) in [5.41, 5.74) is 1.93. The first-order chi connectivity index (χ1) is 13.6. The number of hydrogen-bond acceptors (Lipinski definition) is 6. The molecule has 0 bridgehead atoms. The topological polar surface area (TPSA) is 103 Å². The number of sulfone groups is 1. The van der Waals surface area contributed by atoms with E-state index in [1.807, 2.05) is 30.7 Å². The van der Waals surface area contributed by atoms with E-state index in [2.05, 4.69) is 19.9 Å². The Labute approximate surface area is 163 Å². The zero-order valence-corrected chi connectivity index (χ0v) is 16.2. The van der Waals surface area contributed by atoms with Gasteiger partial charge in [0.1, 0.15) is 5.75 Å². The molecule has 1 atom stereocenters. The minimum Gasteiger partial charge on any atom is -0.377 e. The first-order valence-corrected chi connectivity index (χ1v) is 11.1. The van der Waals surface area contributed by atoms with E-state index in [0.717, 1.165) is 47.7 Å². The molecular weight excluding hydrogens is 374 g/mol. The molecule has 1 unspecified atom stereocenters. The Balaban J connectivity index is 1.59. The van der Waals surface area contributed by atoms with Crippen LogP contribution in [-0.4, -0.2) is 52.9 Å². The molecule has 0 aliphatic carbocycles. The number of nitrogens with zero attached hydrogens (tertiary/aromatic N) is 4. The fourth-order valence-electron chi connectivity index (χ4n) is 3.89. The van der Waals surface area contributed by atoms with Crippen molar-refractivity contribution in [2.24, 2.45) is 0 Å². The number of nitrogens with one attached hydrogen (secondary N) is 1. The van der Waals surface area contributed by atoms with Crippen LogP contribution in [0.15, 0.2) is 43.0 Å². The third-order valence-corrected chi connectivity index (χ3v) is 6.42. The van der Waals surface area contributed by atoms with E-state index in [0.29, 0.717) is 5.92 Å². The van der Waals surface area contributed by atoms with E-state index in [1.165, 1.54) is 5.69 Å². The lowest BCUT2D eigenvalue weighted by Gasteiger charge is -2.32. The van der Waals surface area contributed by atoms with Gasteiger partial charge >= 0.3 is 0 Å². The summed E-state index contributed by atoms with van der Waals surface area (Å²) in [7, 11) is -3.34. The Kier molecular flexibility index (Phi) is 5.01. The largest absolute Gasteiger partial charge is 0.377 e. The fraction of sp³-hybridized carbons (Fsp3) is 0.350. The van der Waals surface area contributed by atoms with Crippen molar-refractivity contribution in [3.63, 3.8) is 0 Å². The van der Waals surface area contributed by atoms with Crippen molar-refractivity contribution in [1.82, 2.24) is 19.9 Å². The van der Waals surface area contributed by atoms with Crippen molar-refractivity contribution in [3.8, 4) is 6.07 Å². The summed E-state index contributed by atoms with van der Waals surface area (Å²) < 4.78 is 23.4. The van der Waals surface area contributed by atoms with Gasteiger partial charge in [0.15, 0.2) is 15.5 Å². The molecule has 0 spiro atoms. The standard InChI is InChI=1S/C20H21N5O2S/c21-6-12-28(26,27)11-2-10-25-9-1-3-16(14-25)19-18-15(4-7-22-19)13-24-20-17(18)5-8-23-20/h2,4-5,7-8,10,13,16,22H,1,3,9,11-12,14H2. The molecule has 4 rings (SSSR count). The third kappa shape index (κ3) is 3.71. The van der Waals surface area contributed by atoms with Crippen LogP contribution in [0, 0.1) is 11.3 Å². The molecule has 1 aliphatic rings. The summed E-state index contributed by atoms with van der Waals surface area (Å²) in [6.45, 7) is 1.70. The number of piperidine rings is 1. The van der Waals surface area contributed by atoms with E-state index in [-0.39, 0.29) is 5.75 Å². The van der Waals surface area contributed by atoms with Crippen LogP contribution in [-0.2, 0) is 9.84 Å². The average molecular weight is 395 g/mol. The molecule has 3 aromatic heterocycles. The molecule has 144 valence electrons. The van der Waals surface area contributed by atoms with Crippen LogP contribution in [0.1, 0.15) is 24.5 Å². The predicted molar refractivity (Wildman–Crippen MR) is 108 cm³/mol. The van der Waals surface area contributed by atoms with Crippen LogP contribution >= 0.6 is 0 Å². The highest BCUT2D eigenvalue weighted by atomic mass is 32.2. The number of nitriles is 1. The van der Waals surface area contributed by atoms with Crippen LogP contribution in [0.4, 0.5) is 0 Å². The van der Waals surface area contributed by atoms with E-state index in [1.54, 1.807) is 18.3 Å². The van der Waals surface area contributed by atoms with Crippen LogP contribution in [0.2, 0.25) is 0 Å². The molecular formula is C20H21N5O2S. The van der Waals surface area contributed by atoms with Crippen LogP contribution in [0.3, 0.4) is 0 Å². The van der Waals surface area contributed by atoms with Crippen molar-refractivity contribution >= 4 is 31.6 Å². The molecule has 8 heteroatoms. The SMILES string of the molecule is N#CCS(=O)(=O)CC=CN1CCCC(c2[nH]ccc3cnc4nccc4c23)C1. The lowest BCUT2D eigenvalue weighted by atomic mass is 9.91. The monoisotopic (exact) mass is 395 g/mol. The Morgan fingerprint density at radius 3 is 3.11 bits per heavy atom. The smallest absolute Gasteiger partial charge is 0.167 e. The van der Waals surface area contributed by atoms with E-state index >= 15 is 0 Å². The molecule has 0 saturated carbocycles. The quantitative estimate of drug-likeness (QED) is 0.712. The number of fused-ring (bicyclic) bond motifs is 3. The summed E-state index contributed by atoms with van der Waals surface area (Å²) in [6.07, 6.45) is 11.2. The van der Waals surface area contributed by atoms with Crippen molar-refractivity contribution in [2.75, 3.05) is 24.6 Å². The number of hydrogen-bond donors (Lipinski definition) is 1. The molecule has 0 radical (unpaired) electrons. The second-order valence-corrected chi connectivity index (χ2v) is 9.20. The van der Waals surface area contributed by atoms with E-state index < -0.39 is 15.6 Å². The van der Waals surface area contributed by atoms with Gasteiger partial charge in [-0.1, -0.05) is 6.08 Å².